The molecule has 0 unspecified atom stereocenters. The van der Waals surface area contributed by atoms with Crippen LogP contribution in [0.4, 0.5) is 0 Å². The van der Waals surface area contributed by atoms with Crippen LogP contribution in [0.3, 0.4) is 0 Å². The van der Waals surface area contributed by atoms with E-state index in [0.717, 1.165) is 31.2 Å². The maximum atomic E-state index is 4.25. The molecular formula is C11H18N6. The van der Waals surface area contributed by atoms with Crippen molar-refractivity contribution in [2.45, 2.75) is 33.0 Å². The van der Waals surface area contributed by atoms with Crippen molar-refractivity contribution in [2.75, 3.05) is 0 Å². The van der Waals surface area contributed by atoms with E-state index in [1.807, 2.05) is 22.5 Å². The van der Waals surface area contributed by atoms with Gasteiger partial charge in [0.15, 0.2) is 0 Å². The minimum Gasteiger partial charge on any atom is -0.337 e. The molecule has 2 aromatic rings. The summed E-state index contributed by atoms with van der Waals surface area (Å²) in [6.45, 7) is 4.50. The number of aryl methyl sites for hydroxylation is 2. The number of nitrogens with zero attached hydrogens (tertiary/aromatic N) is 5. The lowest BCUT2D eigenvalue weighted by Gasteiger charge is -2.06. The maximum absolute atomic E-state index is 4.25. The highest BCUT2D eigenvalue weighted by Gasteiger charge is 2.04. The quantitative estimate of drug-likeness (QED) is 0.799. The van der Waals surface area contributed by atoms with E-state index in [1.165, 1.54) is 0 Å². The minimum absolute atomic E-state index is 0.715. The van der Waals surface area contributed by atoms with E-state index < -0.39 is 0 Å². The molecule has 6 heteroatoms. The number of aromatic nitrogens is 5. The fourth-order valence-corrected chi connectivity index (χ4v) is 1.68. The lowest BCUT2D eigenvalue weighted by Crippen LogP contribution is -2.19. The molecule has 0 aliphatic carbocycles. The van der Waals surface area contributed by atoms with Gasteiger partial charge in [-0.15, -0.1) is 0 Å². The van der Waals surface area contributed by atoms with E-state index in [0.29, 0.717) is 6.54 Å². The summed E-state index contributed by atoms with van der Waals surface area (Å²) in [6.07, 6.45) is 6.41. The highest BCUT2D eigenvalue weighted by Crippen LogP contribution is 1.97. The van der Waals surface area contributed by atoms with Crippen molar-refractivity contribution in [3.8, 4) is 0 Å². The van der Waals surface area contributed by atoms with Crippen molar-refractivity contribution in [2.24, 2.45) is 7.05 Å². The molecule has 0 atom stereocenters. The SMILES string of the molecule is CCCn1ncnc1CNCc1nccn1C. The fourth-order valence-electron chi connectivity index (χ4n) is 1.68. The molecule has 0 saturated heterocycles. The molecule has 2 heterocycles. The minimum atomic E-state index is 0.715. The molecule has 0 saturated carbocycles. The normalized spacial score (nSPS) is 10.9. The molecule has 0 aliphatic rings. The Balaban J connectivity index is 1.86. The molecule has 6 nitrogen and oxygen atoms in total. The van der Waals surface area contributed by atoms with Gasteiger partial charge in [0.1, 0.15) is 18.0 Å². The zero-order chi connectivity index (χ0) is 12.1. The summed E-state index contributed by atoms with van der Waals surface area (Å²) < 4.78 is 3.94. The Hall–Kier alpha value is -1.69. The molecule has 2 rings (SSSR count). The summed E-state index contributed by atoms with van der Waals surface area (Å²) in [5, 5.41) is 7.51. The number of nitrogens with one attached hydrogen (secondary N) is 1. The second-order valence-electron chi connectivity index (χ2n) is 3.96. The van der Waals surface area contributed by atoms with Crippen LogP contribution in [0.15, 0.2) is 18.7 Å². The lowest BCUT2D eigenvalue weighted by molar-refractivity contribution is 0.535. The molecule has 0 aliphatic heterocycles. The number of imidazole rings is 1. The second-order valence-corrected chi connectivity index (χ2v) is 3.96. The van der Waals surface area contributed by atoms with Crippen molar-refractivity contribution >= 4 is 0 Å². The Morgan fingerprint density at radius 2 is 2.06 bits per heavy atom. The molecule has 92 valence electrons. The van der Waals surface area contributed by atoms with Gasteiger partial charge in [0.2, 0.25) is 0 Å². The van der Waals surface area contributed by atoms with E-state index in [2.05, 4.69) is 27.3 Å². The van der Waals surface area contributed by atoms with Gasteiger partial charge in [-0.1, -0.05) is 6.92 Å². The van der Waals surface area contributed by atoms with E-state index in [9.17, 15) is 0 Å². The lowest BCUT2D eigenvalue weighted by atomic mass is 10.4. The van der Waals surface area contributed by atoms with Crippen LogP contribution in [0.25, 0.3) is 0 Å². The topological polar surface area (TPSA) is 60.6 Å². The maximum Gasteiger partial charge on any atom is 0.140 e. The highest BCUT2D eigenvalue weighted by molar-refractivity contribution is 4.91. The van der Waals surface area contributed by atoms with Gasteiger partial charge in [-0.05, 0) is 6.42 Å². The van der Waals surface area contributed by atoms with Gasteiger partial charge in [-0.25, -0.2) is 14.6 Å². The molecule has 0 bridgehead atoms. The Labute approximate surface area is 101 Å². The summed E-state index contributed by atoms with van der Waals surface area (Å²) in [6, 6.07) is 0. The van der Waals surface area contributed by atoms with Crippen molar-refractivity contribution in [3.63, 3.8) is 0 Å². The molecule has 0 spiro atoms. The van der Waals surface area contributed by atoms with Crippen LogP contribution in [0.1, 0.15) is 25.0 Å². The van der Waals surface area contributed by atoms with E-state index in [-0.39, 0.29) is 0 Å². The zero-order valence-corrected chi connectivity index (χ0v) is 10.3. The Bertz CT molecular complexity index is 458. The Morgan fingerprint density at radius 3 is 2.76 bits per heavy atom. The van der Waals surface area contributed by atoms with Crippen molar-refractivity contribution in [1.29, 1.82) is 0 Å². The van der Waals surface area contributed by atoms with E-state index in [4.69, 9.17) is 0 Å². The molecule has 17 heavy (non-hydrogen) atoms. The Kier molecular flexibility index (Phi) is 3.87. The van der Waals surface area contributed by atoms with Crippen molar-refractivity contribution in [1.82, 2.24) is 29.6 Å². The standard InChI is InChI=1S/C11H18N6/c1-3-5-17-11(14-9-15-17)8-12-7-10-13-4-6-16(10)2/h4,6,9,12H,3,5,7-8H2,1-2H3. The third-order valence-corrected chi connectivity index (χ3v) is 2.62. The molecule has 1 N–H and O–H groups in total. The third-order valence-electron chi connectivity index (χ3n) is 2.62. The van der Waals surface area contributed by atoms with Gasteiger partial charge >= 0.3 is 0 Å². The first-order valence-corrected chi connectivity index (χ1v) is 5.85. The van der Waals surface area contributed by atoms with E-state index in [1.54, 1.807) is 12.5 Å². The summed E-state index contributed by atoms with van der Waals surface area (Å²) >= 11 is 0. The van der Waals surface area contributed by atoms with Crippen LogP contribution < -0.4 is 5.32 Å². The van der Waals surface area contributed by atoms with E-state index >= 15 is 0 Å². The van der Waals surface area contributed by atoms with Gasteiger partial charge in [-0.3, -0.25) is 0 Å². The number of rotatable bonds is 6. The largest absolute Gasteiger partial charge is 0.337 e. The van der Waals surface area contributed by atoms with Gasteiger partial charge in [0.05, 0.1) is 13.1 Å². The molecule has 0 amide bonds. The highest BCUT2D eigenvalue weighted by atomic mass is 15.3. The van der Waals surface area contributed by atoms with Crippen LogP contribution in [0.5, 0.6) is 0 Å². The molecule has 2 aromatic heterocycles. The summed E-state index contributed by atoms with van der Waals surface area (Å²) in [4.78, 5) is 8.49. The average Bonchev–Trinajstić information content (AvgIpc) is 2.90. The van der Waals surface area contributed by atoms with Crippen LogP contribution >= 0.6 is 0 Å². The zero-order valence-electron chi connectivity index (χ0n) is 10.3. The number of hydrogen-bond acceptors (Lipinski definition) is 4. The predicted octanol–water partition coefficient (Wildman–Crippen LogP) is 0.711. The fraction of sp³-hybridized carbons (Fsp3) is 0.545. The van der Waals surface area contributed by atoms with Gasteiger partial charge in [0.25, 0.3) is 0 Å². The monoisotopic (exact) mass is 234 g/mol. The molecule has 0 aromatic carbocycles. The Morgan fingerprint density at radius 1 is 1.24 bits per heavy atom. The summed E-state index contributed by atoms with van der Waals surface area (Å²) in [5.74, 6) is 1.99. The first kappa shape index (κ1) is 11.8. The van der Waals surface area contributed by atoms with Crippen LogP contribution in [0, 0.1) is 0 Å². The second kappa shape index (κ2) is 5.58. The predicted molar refractivity (Wildman–Crippen MR) is 64.1 cm³/mol. The van der Waals surface area contributed by atoms with Crippen LogP contribution in [0.2, 0.25) is 0 Å². The third kappa shape index (κ3) is 2.91. The smallest absolute Gasteiger partial charge is 0.140 e. The number of hydrogen-bond donors (Lipinski definition) is 1. The van der Waals surface area contributed by atoms with Crippen molar-refractivity contribution < 1.29 is 0 Å². The average molecular weight is 234 g/mol. The van der Waals surface area contributed by atoms with Gasteiger partial charge in [-0.2, -0.15) is 5.10 Å². The summed E-state index contributed by atoms with van der Waals surface area (Å²) in [7, 11) is 1.99. The molecular weight excluding hydrogens is 216 g/mol. The first-order valence-electron chi connectivity index (χ1n) is 5.85. The van der Waals surface area contributed by atoms with Crippen LogP contribution in [-0.2, 0) is 26.7 Å². The van der Waals surface area contributed by atoms with Gasteiger partial charge in [0, 0.05) is 26.0 Å². The molecule has 0 radical (unpaired) electrons. The summed E-state index contributed by atoms with van der Waals surface area (Å²) in [5.41, 5.74) is 0. The van der Waals surface area contributed by atoms with Crippen molar-refractivity contribution in [3.05, 3.63) is 30.4 Å². The van der Waals surface area contributed by atoms with Gasteiger partial charge < -0.3 is 9.88 Å². The first-order chi connectivity index (χ1) is 8.31. The molecule has 0 fully saturated rings. The van der Waals surface area contributed by atoms with Crippen LogP contribution in [-0.4, -0.2) is 24.3 Å².